The number of carbonyl (C=O) groups excluding carboxylic acids is 1. The molecule has 0 aromatic carbocycles. The van der Waals surface area contributed by atoms with Gasteiger partial charge in [-0.3, -0.25) is 9.52 Å². The fourth-order valence-electron chi connectivity index (χ4n) is 1.62. The van der Waals surface area contributed by atoms with Crippen LogP contribution < -0.4 is 10.0 Å². The number of aryl methyl sites for hydroxylation is 2. The van der Waals surface area contributed by atoms with Gasteiger partial charge in [0.05, 0.1) is 5.69 Å². The quantitative estimate of drug-likeness (QED) is 0.894. The molecule has 9 heteroatoms. The second-order valence-corrected chi connectivity index (χ2v) is 7.22. The Labute approximate surface area is 126 Å². The Morgan fingerprint density at radius 3 is 2.57 bits per heavy atom. The van der Waals surface area contributed by atoms with Crippen molar-refractivity contribution >= 4 is 38.2 Å². The monoisotopic (exact) mass is 326 g/mol. The number of anilines is 2. The number of sulfonamides is 1. The molecular formula is C12H14N4O3S2. The van der Waals surface area contributed by atoms with Gasteiger partial charge in [0.1, 0.15) is 5.82 Å². The Balaban J connectivity index is 2.31. The second-order valence-electron chi connectivity index (χ2n) is 4.34. The van der Waals surface area contributed by atoms with E-state index < -0.39 is 10.0 Å². The molecule has 0 radical (unpaired) electrons. The summed E-state index contributed by atoms with van der Waals surface area (Å²) in [5, 5.41) is 2.72. The largest absolute Gasteiger partial charge is 0.302 e. The van der Waals surface area contributed by atoms with Crippen LogP contribution in [0.3, 0.4) is 0 Å². The Hall–Kier alpha value is -2.00. The third kappa shape index (κ3) is 3.76. The van der Waals surface area contributed by atoms with Crippen LogP contribution in [0.5, 0.6) is 0 Å². The lowest BCUT2D eigenvalue weighted by Gasteiger charge is -2.06. The summed E-state index contributed by atoms with van der Waals surface area (Å²) < 4.78 is 27.1. The molecule has 2 heterocycles. The first-order valence-electron chi connectivity index (χ1n) is 5.99. The molecule has 7 nitrogen and oxygen atoms in total. The molecule has 0 saturated carbocycles. The maximum atomic E-state index is 12.3. The summed E-state index contributed by atoms with van der Waals surface area (Å²) in [7, 11) is -3.78. The molecule has 21 heavy (non-hydrogen) atoms. The normalized spacial score (nSPS) is 11.2. The maximum absolute atomic E-state index is 12.3. The fourth-order valence-corrected chi connectivity index (χ4v) is 4.08. The van der Waals surface area contributed by atoms with E-state index in [1.54, 1.807) is 32.0 Å². The average molecular weight is 326 g/mol. The molecule has 2 aromatic heterocycles. The van der Waals surface area contributed by atoms with Crippen molar-refractivity contribution in [3.8, 4) is 0 Å². The van der Waals surface area contributed by atoms with Crippen molar-refractivity contribution in [2.24, 2.45) is 0 Å². The topological polar surface area (TPSA) is 101 Å². The Morgan fingerprint density at radius 2 is 1.95 bits per heavy atom. The smallest absolute Gasteiger partial charge is 0.274 e. The number of hydrogen-bond donors (Lipinski definition) is 2. The predicted octanol–water partition coefficient (Wildman–Crippen LogP) is 1.91. The summed E-state index contributed by atoms with van der Waals surface area (Å²) in [6, 6.07) is 5.04. The molecule has 0 saturated heterocycles. The number of thiazole rings is 1. The van der Waals surface area contributed by atoms with E-state index in [-0.39, 0.29) is 21.1 Å². The van der Waals surface area contributed by atoms with Gasteiger partial charge in [-0.2, -0.15) is 0 Å². The van der Waals surface area contributed by atoms with Crippen molar-refractivity contribution in [3.05, 3.63) is 29.6 Å². The zero-order valence-corrected chi connectivity index (χ0v) is 13.3. The first-order valence-corrected chi connectivity index (χ1v) is 8.29. The summed E-state index contributed by atoms with van der Waals surface area (Å²) >= 11 is 0.897. The number of nitrogens with zero attached hydrogens (tertiary/aromatic N) is 2. The van der Waals surface area contributed by atoms with E-state index in [0.29, 0.717) is 11.4 Å². The van der Waals surface area contributed by atoms with Gasteiger partial charge >= 0.3 is 0 Å². The lowest BCUT2D eigenvalue weighted by Crippen LogP contribution is -2.13. The molecule has 2 aromatic rings. The predicted molar refractivity (Wildman–Crippen MR) is 80.9 cm³/mol. The number of pyridine rings is 1. The first kappa shape index (κ1) is 15.4. The standard InChI is InChI=1S/C12H14N4O3S2/c1-7-5-4-6-10(13-7)16-21(18,19)11-8(2)14-12(20-11)15-9(3)17/h4-6H,1-3H3,(H,13,16)(H,14,15,17). The van der Waals surface area contributed by atoms with Gasteiger partial charge in [0.25, 0.3) is 10.0 Å². The van der Waals surface area contributed by atoms with Crippen molar-refractivity contribution < 1.29 is 13.2 Å². The molecule has 0 atom stereocenters. The summed E-state index contributed by atoms with van der Waals surface area (Å²) in [4.78, 5) is 19.1. The van der Waals surface area contributed by atoms with Crippen LogP contribution in [0, 0.1) is 13.8 Å². The minimum atomic E-state index is -3.78. The van der Waals surface area contributed by atoms with Crippen molar-refractivity contribution in [3.63, 3.8) is 0 Å². The van der Waals surface area contributed by atoms with Crippen LogP contribution in [-0.2, 0) is 14.8 Å². The molecule has 0 unspecified atom stereocenters. The number of carbonyl (C=O) groups is 1. The van der Waals surface area contributed by atoms with Gasteiger partial charge in [-0.25, -0.2) is 18.4 Å². The van der Waals surface area contributed by atoms with Crippen LogP contribution in [0.4, 0.5) is 10.9 Å². The summed E-state index contributed by atoms with van der Waals surface area (Å²) in [6.45, 7) is 4.67. The van der Waals surface area contributed by atoms with Crippen molar-refractivity contribution in [2.45, 2.75) is 25.0 Å². The van der Waals surface area contributed by atoms with Crippen molar-refractivity contribution in [1.29, 1.82) is 0 Å². The van der Waals surface area contributed by atoms with Crippen LogP contribution in [0.25, 0.3) is 0 Å². The van der Waals surface area contributed by atoms with Crippen LogP contribution >= 0.6 is 11.3 Å². The highest BCUT2D eigenvalue weighted by Crippen LogP contribution is 2.28. The Bertz CT molecular complexity index is 784. The van der Waals surface area contributed by atoms with Crippen LogP contribution in [0.15, 0.2) is 22.4 Å². The minimum Gasteiger partial charge on any atom is -0.302 e. The summed E-state index contributed by atoms with van der Waals surface area (Å²) in [5.74, 6) is -0.0649. The minimum absolute atomic E-state index is 0.0505. The lowest BCUT2D eigenvalue weighted by molar-refractivity contribution is -0.114. The number of hydrogen-bond acceptors (Lipinski definition) is 6. The van der Waals surface area contributed by atoms with Gasteiger partial charge in [0, 0.05) is 12.6 Å². The van der Waals surface area contributed by atoms with Gasteiger partial charge in [-0.15, -0.1) is 0 Å². The fraction of sp³-hybridized carbons (Fsp3) is 0.250. The van der Waals surface area contributed by atoms with Gasteiger partial charge in [0.15, 0.2) is 9.34 Å². The Morgan fingerprint density at radius 1 is 1.24 bits per heavy atom. The zero-order chi connectivity index (χ0) is 15.6. The highest BCUT2D eigenvalue weighted by Gasteiger charge is 2.22. The number of aromatic nitrogens is 2. The van der Waals surface area contributed by atoms with Gasteiger partial charge in [-0.1, -0.05) is 17.4 Å². The molecule has 0 aliphatic carbocycles. The molecule has 0 aliphatic heterocycles. The average Bonchev–Trinajstić information content (AvgIpc) is 2.69. The Kier molecular flexibility index (Phi) is 4.24. The van der Waals surface area contributed by atoms with E-state index in [1.165, 1.54) is 6.92 Å². The maximum Gasteiger partial charge on any atom is 0.274 e. The zero-order valence-electron chi connectivity index (χ0n) is 11.7. The molecular weight excluding hydrogens is 312 g/mol. The van der Waals surface area contributed by atoms with E-state index in [1.807, 2.05) is 0 Å². The number of rotatable bonds is 4. The molecule has 0 spiro atoms. The number of amides is 1. The summed E-state index contributed by atoms with van der Waals surface area (Å²) in [5.41, 5.74) is 1.03. The lowest BCUT2D eigenvalue weighted by atomic mass is 10.4. The highest BCUT2D eigenvalue weighted by atomic mass is 32.2. The second kappa shape index (κ2) is 5.78. The van der Waals surface area contributed by atoms with E-state index >= 15 is 0 Å². The molecule has 112 valence electrons. The van der Waals surface area contributed by atoms with Crippen LogP contribution in [-0.4, -0.2) is 24.3 Å². The SMILES string of the molecule is CC(=O)Nc1nc(C)c(S(=O)(=O)Nc2cccc(C)n2)s1. The molecule has 2 rings (SSSR count). The van der Waals surface area contributed by atoms with Gasteiger partial charge < -0.3 is 5.32 Å². The molecule has 0 bridgehead atoms. The molecule has 0 fully saturated rings. The van der Waals surface area contributed by atoms with E-state index in [2.05, 4.69) is 20.0 Å². The summed E-state index contributed by atoms with van der Waals surface area (Å²) in [6.07, 6.45) is 0. The van der Waals surface area contributed by atoms with Crippen LogP contribution in [0.2, 0.25) is 0 Å². The van der Waals surface area contributed by atoms with E-state index in [4.69, 9.17) is 0 Å². The molecule has 1 amide bonds. The van der Waals surface area contributed by atoms with Crippen molar-refractivity contribution in [2.75, 3.05) is 10.0 Å². The van der Waals surface area contributed by atoms with Crippen molar-refractivity contribution in [1.82, 2.24) is 9.97 Å². The third-order valence-corrected chi connectivity index (χ3v) is 5.45. The number of nitrogens with one attached hydrogen (secondary N) is 2. The third-order valence-electron chi connectivity index (χ3n) is 2.41. The van der Waals surface area contributed by atoms with Gasteiger partial charge in [0.2, 0.25) is 5.91 Å². The first-order chi connectivity index (χ1) is 9.78. The molecule has 0 aliphatic rings. The van der Waals surface area contributed by atoms with Gasteiger partial charge in [-0.05, 0) is 26.0 Å². The van der Waals surface area contributed by atoms with E-state index in [9.17, 15) is 13.2 Å². The van der Waals surface area contributed by atoms with E-state index in [0.717, 1.165) is 11.3 Å². The molecule has 2 N–H and O–H groups in total. The van der Waals surface area contributed by atoms with Crippen LogP contribution in [0.1, 0.15) is 18.3 Å². The highest BCUT2D eigenvalue weighted by molar-refractivity contribution is 7.94.